The second kappa shape index (κ2) is 6.61. The molecule has 0 saturated carbocycles. The van der Waals surface area contributed by atoms with E-state index in [1.807, 2.05) is 32.0 Å². The third kappa shape index (κ3) is 3.97. The molecule has 1 aliphatic heterocycles. The molecule has 1 heterocycles. The number of primary amides is 1. The zero-order valence-electron chi connectivity index (χ0n) is 12.6. The molecule has 1 aromatic carbocycles. The van der Waals surface area contributed by atoms with Gasteiger partial charge in [0.25, 0.3) is 5.91 Å². The Morgan fingerprint density at radius 1 is 1.38 bits per heavy atom. The van der Waals surface area contributed by atoms with E-state index in [4.69, 9.17) is 10.5 Å². The van der Waals surface area contributed by atoms with Gasteiger partial charge in [0.05, 0.1) is 5.92 Å². The number of nitrogens with zero attached hydrogens (tertiary/aromatic N) is 1. The monoisotopic (exact) mass is 290 g/mol. The van der Waals surface area contributed by atoms with Crippen LogP contribution < -0.4 is 10.5 Å². The molecule has 1 saturated heterocycles. The van der Waals surface area contributed by atoms with Gasteiger partial charge in [-0.15, -0.1) is 0 Å². The van der Waals surface area contributed by atoms with Crippen LogP contribution in [0.5, 0.6) is 5.75 Å². The summed E-state index contributed by atoms with van der Waals surface area (Å²) in [6.45, 7) is 5.04. The third-order valence-corrected chi connectivity index (χ3v) is 3.86. The molecule has 1 fully saturated rings. The summed E-state index contributed by atoms with van der Waals surface area (Å²) in [4.78, 5) is 25.1. The normalized spacial score (nSPS) is 18.4. The summed E-state index contributed by atoms with van der Waals surface area (Å²) in [5, 5.41) is 0. The van der Waals surface area contributed by atoms with Gasteiger partial charge >= 0.3 is 0 Å². The summed E-state index contributed by atoms with van der Waals surface area (Å²) in [6, 6.07) is 5.85. The summed E-state index contributed by atoms with van der Waals surface area (Å²) in [5.74, 6) is 0.0601. The lowest BCUT2D eigenvalue weighted by molar-refractivity contribution is -0.136. The lowest BCUT2D eigenvalue weighted by atomic mass is 9.97. The first-order valence-corrected chi connectivity index (χ1v) is 7.24. The first-order valence-electron chi connectivity index (χ1n) is 7.24. The van der Waals surface area contributed by atoms with Gasteiger partial charge in [-0.2, -0.15) is 0 Å². The summed E-state index contributed by atoms with van der Waals surface area (Å²) in [5.41, 5.74) is 7.49. The number of rotatable bonds is 4. The van der Waals surface area contributed by atoms with E-state index in [1.54, 1.807) is 4.90 Å². The van der Waals surface area contributed by atoms with Crippen molar-refractivity contribution >= 4 is 11.8 Å². The number of ether oxygens (including phenoxy) is 1. The first-order chi connectivity index (χ1) is 9.97. The van der Waals surface area contributed by atoms with Crippen molar-refractivity contribution in [3.8, 4) is 5.75 Å². The quantitative estimate of drug-likeness (QED) is 0.911. The molecule has 2 N–H and O–H groups in total. The SMILES string of the molecule is Cc1ccc(OCC(=O)N2CCCC(C(N)=O)C2)c(C)c1. The standard InChI is InChI=1S/C16H22N2O3/c1-11-5-6-14(12(2)8-11)21-10-15(19)18-7-3-4-13(9-18)16(17)20/h5-6,8,13H,3-4,7,9-10H2,1-2H3,(H2,17,20). The van der Waals surface area contributed by atoms with Gasteiger partial charge in [0.1, 0.15) is 5.75 Å². The van der Waals surface area contributed by atoms with E-state index in [-0.39, 0.29) is 24.3 Å². The number of likely N-dealkylation sites (tertiary alicyclic amines) is 1. The minimum Gasteiger partial charge on any atom is -0.484 e. The molecule has 0 aromatic heterocycles. The molecule has 1 atom stereocenters. The van der Waals surface area contributed by atoms with Gasteiger partial charge in [-0.05, 0) is 38.3 Å². The fourth-order valence-corrected chi connectivity index (χ4v) is 2.63. The molecule has 21 heavy (non-hydrogen) atoms. The van der Waals surface area contributed by atoms with E-state index in [1.165, 1.54) is 0 Å². The van der Waals surface area contributed by atoms with Crippen LogP contribution in [-0.2, 0) is 9.59 Å². The molecular formula is C16H22N2O3. The Bertz CT molecular complexity index is 542. The van der Waals surface area contributed by atoms with Gasteiger partial charge in [-0.3, -0.25) is 9.59 Å². The Morgan fingerprint density at radius 3 is 2.81 bits per heavy atom. The van der Waals surface area contributed by atoms with Gasteiger partial charge in [0, 0.05) is 13.1 Å². The van der Waals surface area contributed by atoms with Gasteiger partial charge in [0.15, 0.2) is 6.61 Å². The van der Waals surface area contributed by atoms with Crippen molar-refractivity contribution in [2.75, 3.05) is 19.7 Å². The molecule has 5 nitrogen and oxygen atoms in total. The molecule has 1 aliphatic rings. The van der Waals surface area contributed by atoms with Crippen LogP contribution in [0.25, 0.3) is 0 Å². The van der Waals surface area contributed by atoms with Crippen molar-refractivity contribution < 1.29 is 14.3 Å². The second-order valence-corrected chi connectivity index (χ2v) is 5.64. The molecule has 2 rings (SSSR count). The Balaban J connectivity index is 1.90. The predicted molar refractivity (Wildman–Crippen MR) is 79.9 cm³/mol. The van der Waals surface area contributed by atoms with E-state index < -0.39 is 0 Å². The molecule has 114 valence electrons. The summed E-state index contributed by atoms with van der Waals surface area (Å²) >= 11 is 0. The smallest absolute Gasteiger partial charge is 0.260 e. The minimum atomic E-state index is -0.331. The number of hydrogen-bond donors (Lipinski definition) is 1. The van der Waals surface area contributed by atoms with Crippen molar-refractivity contribution in [2.24, 2.45) is 11.7 Å². The Morgan fingerprint density at radius 2 is 2.14 bits per heavy atom. The molecule has 0 radical (unpaired) electrons. The van der Waals surface area contributed by atoms with Gasteiger partial charge in [-0.25, -0.2) is 0 Å². The molecule has 1 aromatic rings. The number of piperidine rings is 1. The lowest BCUT2D eigenvalue weighted by Crippen LogP contribution is -2.45. The van der Waals surface area contributed by atoms with Crippen molar-refractivity contribution in [1.29, 1.82) is 0 Å². The fourth-order valence-electron chi connectivity index (χ4n) is 2.63. The topological polar surface area (TPSA) is 72.6 Å². The van der Waals surface area contributed by atoms with E-state index >= 15 is 0 Å². The average molecular weight is 290 g/mol. The molecule has 1 unspecified atom stereocenters. The van der Waals surface area contributed by atoms with Crippen LogP contribution >= 0.6 is 0 Å². The van der Waals surface area contributed by atoms with Crippen LogP contribution in [0.2, 0.25) is 0 Å². The van der Waals surface area contributed by atoms with E-state index in [0.29, 0.717) is 13.1 Å². The van der Waals surface area contributed by atoms with Crippen LogP contribution in [0.15, 0.2) is 18.2 Å². The minimum absolute atomic E-state index is 0.00458. The zero-order chi connectivity index (χ0) is 15.4. The Hall–Kier alpha value is -2.04. The van der Waals surface area contributed by atoms with Crippen molar-refractivity contribution in [1.82, 2.24) is 4.90 Å². The molecule has 2 amide bonds. The maximum atomic E-state index is 12.2. The number of carbonyl (C=O) groups is 2. The molecule has 0 aliphatic carbocycles. The molecular weight excluding hydrogens is 268 g/mol. The Kier molecular flexibility index (Phi) is 4.83. The van der Waals surface area contributed by atoms with E-state index in [9.17, 15) is 9.59 Å². The largest absolute Gasteiger partial charge is 0.484 e. The summed E-state index contributed by atoms with van der Waals surface area (Å²) in [6.07, 6.45) is 1.57. The van der Waals surface area contributed by atoms with Gasteiger partial charge < -0.3 is 15.4 Å². The lowest BCUT2D eigenvalue weighted by Gasteiger charge is -2.31. The van der Waals surface area contributed by atoms with Crippen LogP contribution in [0, 0.1) is 19.8 Å². The maximum absolute atomic E-state index is 12.2. The van der Waals surface area contributed by atoms with Crippen LogP contribution in [0.4, 0.5) is 0 Å². The number of amides is 2. The number of hydrogen-bond acceptors (Lipinski definition) is 3. The number of carbonyl (C=O) groups excluding carboxylic acids is 2. The molecule has 0 spiro atoms. The number of benzene rings is 1. The molecule has 0 bridgehead atoms. The van der Waals surface area contributed by atoms with E-state index in [2.05, 4.69) is 0 Å². The highest BCUT2D eigenvalue weighted by Crippen LogP contribution is 2.20. The van der Waals surface area contributed by atoms with Crippen LogP contribution in [0.3, 0.4) is 0 Å². The highest BCUT2D eigenvalue weighted by atomic mass is 16.5. The zero-order valence-corrected chi connectivity index (χ0v) is 12.6. The highest BCUT2D eigenvalue weighted by molar-refractivity contribution is 5.81. The third-order valence-electron chi connectivity index (χ3n) is 3.86. The average Bonchev–Trinajstić information content (AvgIpc) is 2.46. The van der Waals surface area contributed by atoms with Gasteiger partial charge in [-0.1, -0.05) is 17.7 Å². The predicted octanol–water partition coefficient (Wildman–Crippen LogP) is 1.41. The second-order valence-electron chi connectivity index (χ2n) is 5.64. The van der Waals surface area contributed by atoms with Crippen molar-refractivity contribution in [3.05, 3.63) is 29.3 Å². The van der Waals surface area contributed by atoms with Crippen LogP contribution in [-0.4, -0.2) is 36.4 Å². The number of aryl methyl sites for hydroxylation is 2. The van der Waals surface area contributed by atoms with Crippen molar-refractivity contribution in [2.45, 2.75) is 26.7 Å². The first kappa shape index (κ1) is 15.4. The highest BCUT2D eigenvalue weighted by Gasteiger charge is 2.27. The van der Waals surface area contributed by atoms with E-state index in [0.717, 1.165) is 29.7 Å². The summed E-state index contributed by atoms with van der Waals surface area (Å²) in [7, 11) is 0. The van der Waals surface area contributed by atoms with Crippen molar-refractivity contribution in [3.63, 3.8) is 0 Å². The van der Waals surface area contributed by atoms with Gasteiger partial charge in [0.2, 0.25) is 5.91 Å². The van der Waals surface area contributed by atoms with Crippen LogP contribution in [0.1, 0.15) is 24.0 Å². The number of nitrogens with two attached hydrogens (primary N) is 1. The summed E-state index contributed by atoms with van der Waals surface area (Å²) < 4.78 is 5.60. The molecule has 5 heteroatoms. The maximum Gasteiger partial charge on any atom is 0.260 e. The fraction of sp³-hybridized carbons (Fsp3) is 0.500. The Labute approximate surface area is 125 Å².